The fraction of sp³-hybridized carbons (Fsp3) is 0.455. The van der Waals surface area contributed by atoms with E-state index in [0.29, 0.717) is 5.69 Å². The molecule has 1 aromatic carbocycles. The van der Waals surface area contributed by atoms with Crippen molar-refractivity contribution in [2.75, 3.05) is 30.3 Å². The van der Waals surface area contributed by atoms with Gasteiger partial charge in [0.05, 0.1) is 5.25 Å². The van der Waals surface area contributed by atoms with Gasteiger partial charge in [0.2, 0.25) is 10.0 Å². The average Bonchev–Trinajstić information content (AvgIpc) is 2.28. The number of benzene rings is 1. The Labute approximate surface area is 103 Å². The molecule has 96 valence electrons. The van der Waals surface area contributed by atoms with Crippen molar-refractivity contribution < 1.29 is 8.42 Å². The lowest BCUT2D eigenvalue weighted by molar-refractivity contribution is 0.589. The highest BCUT2D eigenvalue weighted by atomic mass is 32.2. The van der Waals surface area contributed by atoms with Gasteiger partial charge in [0.25, 0.3) is 0 Å². The molecule has 0 heterocycles. The molecule has 0 aliphatic carbocycles. The summed E-state index contributed by atoms with van der Waals surface area (Å²) in [5.41, 5.74) is 6.92. The van der Waals surface area contributed by atoms with E-state index in [1.807, 2.05) is 31.1 Å². The first kappa shape index (κ1) is 13.8. The number of nitrogens with one attached hydrogen (secondary N) is 1. The Morgan fingerprint density at radius 2 is 1.82 bits per heavy atom. The number of rotatable bonds is 5. The Bertz CT molecular complexity index is 454. The van der Waals surface area contributed by atoms with Gasteiger partial charge in [-0.05, 0) is 31.2 Å². The van der Waals surface area contributed by atoms with E-state index in [0.717, 1.165) is 5.69 Å². The molecule has 1 atom stereocenters. The van der Waals surface area contributed by atoms with Crippen molar-refractivity contribution in [1.29, 1.82) is 0 Å². The molecule has 3 N–H and O–H groups in total. The Balaban J connectivity index is 2.83. The molecule has 17 heavy (non-hydrogen) atoms. The quantitative estimate of drug-likeness (QED) is 0.819. The third kappa shape index (κ3) is 3.61. The summed E-state index contributed by atoms with van der Waals surface area (Å²) >= 11 is 0. The maximum atomic E-state index is 11.7. The van der Waals surface area contributed by atoms with Crippen LogP contribution in [0.25, 0.3) is 0 Å². The summed E-state index contributed by atoms with van der Waals surface area (Å²) in [4.78, 5) is 1.95. The molecular weight excluding hydrogens is 238 g/mol. The molecule has 0 aromatic heterocycles. The van der Waals surface area contributed by atoms with Gasteiger partial charge in [-0.2, -0.15) is 0 Å². The van der Waals surface area contributed by atoms with Crippen LogP contribution in [0.15, 0.2) is 24.3 Å². The van der Waals surface area contributed by atoms with Crippen molar-refractivity contribution in [3.63, 3.8) is 0 Å². The average molecular weight is 257 g/mol. The maximum absolute atomic E-state index is 11.7. The Kier molecular flexibility index (Phi) is 4.36. The molecule has 5 nitrogen and oxygen atoms in total. The SMILES string of the molecule is CC(CN)S(=O)(=O)Nc1ccc(N(C)C)cc1. The number of hydrogen-bond acceptors (Lipinski definition) is 4. The van der Waals surface area contributed by atoms with Crippen LogP contribution in [0.1, 0.15) is 6.92 Å². The summed E-state index contributed by atoms with van der Waals surface area (Å²) < 4.78 is 26.0. The predicted octanol–water partition coefficient (Wildman–Crippen LogP) is 0.841. The molecule has 0 aliphatic heterocycles. The third-order valence-corrected chi connectivity index (χ3v) is 4.28. The second kappa shape index (κ2) is 5.37. The van der Waals surface area contributed by atoms with Gasteiger partial charge < -0.3 is 10.6 Å². The molecule has 0 radical (unpaired) electrons. The van der Waals surface area contributed by atoms with E-state index in [4.69, 9.17) is 5.73 Å². The summed E-state index contributed by atoms with van der Waals surface area (Å²) in [6, 6.07) is 7.17. The van der Waals surface area contributed by atoms with Crippen LogP contribution in [0.5, 0.6) is 0 Å². The molecule has 1 unspecified atom stereocenters. The minimum atomic E-state index is -3.39. The van der Waals surface area contributed by atoms with Gasteiger partial charge in [-0.3, -0.25) is 4.72 Å². The first-order chi connectivity index (χ1) is 7.86. The molecule has 0 amide bonds. The molecule has 1 aromatic rings. The molecule has 0 spiro atoms. The van der Waals surface area contributed by atoms with Gasteiger partial charge in [0.15, 0.2) is 0 Å². The van der Waals surface area contributed by atoms with Crippen LogP contribution in [0.3, 0.4) is 0 Å². The molecule has 6 heteroatoms. The van der Waals surface area contributed by atoms with E-state index >= 15 is 0 Å². The molecule has 0 bridgehead atoms. The monoisotopic (exact) mass is 257 g/mol. The highest BCUT2D eigenvalue weighted by molar-refractivity contribution is 7.93. The fourth-order valence-corrected chi connectivity index (χ4v) is 2.14. The first-order valence-electron chi connectivity index (χ1n) is 5.36. The number of hydrogen-bond donors (Lipinski definition) is 2. The van der Waals surface area contributed by atoms with Gasteiger partial charge >= 0.3 is 0 Å². The zero-order chi connectivity index (χ0) is 13.1. The minimum Gasteiger partial charge on any atom is -0.378 e. The molecule has 0 saturated carbocycles. The van der Waals surface area contributed by atoms with Crippen LogP contribution < -0.4 is 15.4 Å². The smallest absolute Gasteiger partial charge is 0.236 e. The van der Waals surface area contributed by atoms with E-state index in [1.54, 1.807) is 19.1 Å². The lowest BCUT2D eigenvalue weighted by Crippen LogP contribution is -2.31. The molecule has 1 rings (SSSR count). The normalized spacial score (nSPS) is 13.2. The Morgan fingerprint density at radius 3 is 2.24 bits per heavy atom. The molecule has 0 saturated heterocycles. The lowest BCUT2D eigenvalue weighted by Gasteiger charge is -2.15. The topological polar surface area (TPSA) is 75.4 Å². The Hall–Kier alpha value is -1.27. The standard InChI is InChI=1S/C11H19N3O2S/c1-9(8-12)17(15,16)13-10-4-6-11(7-5-10)14(2)3/h4-7,9,13H,8,12H2,1-3H3. The van der Waals surface area contributed by atoms with E-state index in [9.17, 15) is 8.42 Å². The molecule has 0 aliphatic rings. The van der Waals surface area contributed by atoms with Gasteiger partial charge in [-0.25, -0.2) is 8.42 Å². The minimum absolute atomic E-state index is 0.102. The van der Waals surface area contributed by atoms with Gasteiger partial charge in [-0.15, -0.1) is 0 Å². The van der Waals surface area contributed by atoms with Crippen molar-refractivity contribution in [3.05, 3.63) is 24.3 Å². The third-order valence-electron chi connectivity index (χ3n) is 2.51. The van der Waals surface area contributed by atoms with Crippen LogP contribution in [-0.2, 0) is 10.0 Å². The molecule has 0 fully saturated rings. The zero-order valence-corrected chi connectivity index (χ0v) is 11.2. The van der Waals surface area contributed by atoms with E-state index in [1.165, 1.54) is 0 Å². The van der Waals surface area contributed by atoms with Crippen LogP contribution in [0.2, 0.25) is 0 Å². The van der Waals surface area contributed by atoms with Crippen molar-refractivity contribution >= 4 is 21.4 Å². The highest BCUT2D eigenvalue weighted by Gasteiger charge is 2.18. The van der Waals surface area contributed by atoms with Gasteiger partial charge in [0.1, 0.15) is 0 Å². The number of sulfonamides is 1. The van der Waals surface area contributed by atoms with Crippen molar-refractivity contribution in [1.82, 2.24) is 0 Å². The first-order valence-corrected chi connectivity index (χ1v) is 6.90. The van der Waals surface area contributed by atoms with Crippen LogP contribution in [0.4, 0.5) is 11.4 Å². The lowest BCUT2D eigenvalue weighted by atomic mass is 10.3. The maximum Gasteiger partial charge on any atom is 0.236 e. The summed E-state index contributed by atoms with van der Waals surface area (Å²) in [7, 11) is 0.467. The number of nitrogens with two attached hydrogens (primary N) is 1. The Morgan fingerprint density at radius 1 is 1.29 bits per heavy atom. The van der Waals surface area contributed by atoms with E-state index in [-0.39, 0.29) is 6.54 Å². The second-order valence-corrected chi connectivity index (χ2v) is 6.23. The highest BCUT2D eigenvalue weighted by Crippen LogP contribution is 2.17. The van der Waals surface area contributed by atoms with Crippen molar-refractivity contribution in [2.24, 2.45) is 5.73 Å². The van der Waals surface area contributed by atoms with E-state index in [2.05, 4.69) is 4.72 Å². The molecular formula is C11H19N3O2S. The summed E-state index contributed by atoms with van der Waals surface area (Å²) in [5.74, 6) is 0. The van der Waals surface area contributed by atoms with Crippen LogP contribution in [-0.4, -0.2) is 34.3 Å². The van der Waals surface area contributed by atoms with Crippen molar-refractivity contribution in [3.8, 4) is 0 Å². The fourth-order valence-electron chi connectivity index (χ4n) is 1.22. The summed E-state index contributed by atoms with van der Waals surface area (Å²) in [5, 5.41) is -0.601. The van der Waals surface area contributed by atoms with E-state index < -0.39 is 15.3 Å². The largest absolute Gasteiger partial charge is 0.378 e. The van der Waals surface area contributed by atoms with Crippen LogP contribution >= 0.6 is 0 Å². The second-order valence-electron chi connectivity index (χ2n) is 4.13. The predicted molar refractivity (Wildman–Crippen MR) is 71.8 cm³/mol. The summed E-state index contributed by atoms with van der Waals surface area (Å²) in [6.45, 7) is 1.68. The summed E-state index contributed by atoms with van der Waals surface area (Å²) in [6.07, 6.45) is 0. The van der Waals surface area contributed by atoms with Crippen LogP contribution in [0, 0.1) is 0 Å². The van der Waals surface area contributed by atoms with Crippen molar-refractivity contribution in [2.45, 2.75) is 12.2 Å². The van der Waals surface area contributed by atoms with Gasteiger partial charge in [0, 0.05) is 32.0 Å². The number of anilines is 2. The zero-order valence-electron chi connectivity index (χ0n) is 10.3. The number of nitrogens with zero attached hydrogens (tertiary/aromatic N) is 1. The van der Waals surface area contributed by atoms with Gasteiger partial charge in [-0.1, -0.05) is 0 Å².